The molecule has 0 saturated heterocycles. The van der Waals surface area contributed by atoms with Crippen molar-refractivity contribution in [3.05, 3.63) is 17.8 Å². The molecule has 116 valence electrons. The van der Waals surface area contributed by atoms with Crippen LogP contribution in [0.1, 0.15) is 37.7 Å². The summed E-state index contributed by atoms with van der Waals surface area (Å²) in [6.07, 6.45) is 0.545. The van der Waals surface area contributed by atoms with Crippen LogP contribution in [0.3, 0.4) is 0 Å². The van der Waals surface area contributed by atoms with Gasteiger partial charge in [-0.05, 0) is 24.0 Å². The van der Waals surface area contributed by atoms with E-state index in [9.17, 15) is 14.7 Å². The van der Waals surface area contributed by atoms with Crippen molar-refractivity contribution in [3.63, 3.8) is 0 Å². The van der Waals surface area contributed by atoms with Crippen molar-refractivity contribution in [3.8, 4) is 0 Å². The zero-order valence-electron chi connectivity index (χ0n) is 12.7. The summed E-state index contributed by atoms with van der Waals surface area (Å²) < 4.78 is 4.52. The van der Waals surface area contributed by atoms with Gasteiger partial charge in [0.1, 0.15) is 5.82 Å². The van der Waals surface area contributed by atoms with Crippen molar-refractivity contribution >= 4 is 17.8 Å². The average Bonchev–Trinajstić information content (AvgIpc) is 2.41. The number of hydrogen-bond donors (Lipinski definition) is 2. The number of rotatable bonds is 6. The quantitative estimate of drug-likeness (QED) is 0.772. The molecule has 0 spiro atoms. The van der Waals surface area contributed by atoms with E-state index in [-0.39, 0.29) is 17.7 Å². The molecule has 0 fully saturated rings. The first-order valence-corrected chi connectivity index (χ1v) is 6.61. The highest BCUT2D eigenvalue weighted by molar-refractivity contribution is 5.86. The first-order chi connectivity index (χ1) is 9.73. The molecule has 0 aromatic carbocycles. The van der Waals surface area contributed by atoms with Crippen molar-refractivity contribution in [2.24, 2.45) is 11.3 Å². The third-order valence-corrected chi connectivity index (χ3v) is 2.80. The van der Waals surface area contributed by atoms with E-state index in [4.69, 9.17) is 0 Å². The number of carboxylic acids is 1. The van der Waals surface area contributed by atoms with E-state index >= 15 is 0 Å². The number of anilines is 1. The second kappa shape index (κ2) is 7.01. The zero-order valence-corrected chi connectivity index (χ0v) is 12.7. The lowest BCUT2D eigenvalue weighted by Crippen LogP contribution is -2.27. The Balaban J connectivity index is 2.64. The first-order valence-electron chi connectivity index (χ1n) is 6.61. The molecule has 0 aliphatic heterocycles. The van der Waals surface area contributed by atoms with Crippen LogP contribution in [0.2, 0.25) is 0 Å². The summed E-state index contributed by atoms with van der Waals surface area (Å²) in [7, 11) is 1.26. The fourth-order valence-corrected chi connectivity index (χ4v) is 1.85. The number of hydrogen-bond acceptors (Lipinski definition) is 6. The molecular formula is C14H21N3O4. The van der Waals surface area contributed by atoms with Crippen LogP contribution in [0, 0.1) is 11.3 Å². The van der Waals surface area contributed by atoms with E-state index in [2.05, 4.69) is 20.3 Å². The van der Waals surface area contributed by atoms with Gasteiger partial charge >= 0.3 is 11.9 Å². The molecule has 0 amide bonds. The Bertz CT molecular complexity index is 494. The highest BCUT2D eigenvalue weighted by atomic mass is 16.5. The van der Waals surface area contributed by atoms with Gasteiger partial charge < -0.3 is 15.2 Å². The lowest BCUT2D eigenvalue weighted by atomic mass is 9.84. The van der Waals surface area contributed by atoms with Gasteiger partial charge in [-0.1, -0.05) is 20.8 Å². The van der Waals surface area contributed by atoms with Crippen LogP contribution in [0.4, 0.5) is 5.82 Å². The summed E-state index contributed by atoms with van der Waals surface area (Å²) in [6.45, 7) is 6.23. The van der Waals surface area contributed by atoms with E-state index < -0.39 is 17.9 Å². The zero-order chi connectivity index (χ0) is 16.0. The molecule has 21 heavy (non-hydrogen) atoms. The van der Waals surface area contributed by atoms with Gasteiger partial charge in [0.25, 0.3) is 0 Å². The molecule has 1 aromatic heterocycles. The number of ether oxygens (including phenoxy) is 1. The number of aliphatic carboxylic acids is 1. The van der Waals surface area contributed by atoms with Crippen LogP contribution >= 0.6 is 0 Å². The topological polar surface area (TPSA) is 101 Å². The molecule has 0 aliphatic rings. The molecule has 7 nitrogen and oxygen atoms in total. The van der Waals surface area contributed by atoms with Crippen LogP contribution < -0.4 is 5.32 Å². The maximum Gasteiger partial charge on any atom is 0.358 e. The number of carbonyl (C=O) groups excluding carboxylic acids is 1. The predicted octanol–water partition coefficient (Wildman–Crippen LogP) is 1.81. The summed E-state index contributed by atoms with van der Waals surface area (Å²) in [5.74, 6) is -1.52. The highest BCUT2D eigenvalue weighted by Crippen LogP contribution is 2.24. The van der Waals surface area contributed by atoms with Crippen LogP contribution in [-0.4, -0.2) is 40.9 Å². The fourth-order valence-electron chi connectivity index (χ4n) is 1.85. The third-order valence-electron chi connectivity index (χ3n) is 2.80. The summed E-state index contributed by atoms with van der Waals surface area (Å²) in [5, 5.41) is 19.7. The number of nitrogens with one attached hydrogen (secondary N) is 1. The minimum Gasteiger partial charge on any atom is -0.481 e. The molecule has 1 atom stereocenters. The van der Waals surface area contributed by atoms with Gasteiger partial charge in [0.2, 0.25) is 0 Å². The summed E-state index contributed by atoms with van der Waals surface area (Å²) >= 11 is 0. The lowest BCUT2D eigenvalue weighted by molar-refractivity contribution is -0.142. The van der Waals surface area contributed by atoms with Crippen LogP contribution in [-0.2, 0) is 9.53 Å². The smallest absolute Gasteiger partial charge is 0.358 e. The second-order valence-electron chi connectivity index (χ2n) is 5.98. The Morgan fingerprint density at radius 2 is 2.00 bits per heavy atom. The highest BCUT2D eigenvalue weighted by Gasteiger charge is 2.24. The van der Waals surface area contributed by atoms with Crippen molar-refractivity contribution < 1.29 is 19.4 Å². The summed E-state index contributed by atoms with van der Waals surface area (Å²) in [6, 6.07) is 3.04. The Labute approximate surface area is 123 Å². The summed E-state index contributed by atoms with van der Waals surface area (Å²) in [5.41, 5.74) is 0.0260. The maximum absolute atomic E-state index is 11.2. The van der Waals surface area contributed by atoms with Gasteiger partial charge in [0.15, 0.2) is 5.69 Å². The molecule has 1 heterocycles. The first kappa shape index (κ1) is 16.9. The van der Waals surface area contributed by atoms with E-state index in [1.54, 1.807) is 6.07 Å². The summed E-state index contributed by atoms with van der Waals surface area (Å²) in [4.78, 5) is 22.5. The number of nitrogens with zero attached hydrogens (tertiary/aromatic N) is 2. The Morgan fingerprint density at radius 1 is 1.33 bits per heavy atom. The predicted molar refractivity (Wildman–Crippen MR) is 77.1 cm³/mol. The van der Waals surface area contributed by atoms with E-state index in [1.165, 1.54) is 13.2 Å². The van der Waals surface area contributed by atoms with Crippen LogP contribution in [0.25, 0.3) is 0 Å². The molecule has 1 unspecified atom stereocenters. The van der Waals surface area contributed by atoms with E-state index in [0.717, 1.165) is 0 Å². The standard InChI is InChI=1S/C14H21N3O4/c1-14(2,3)7-9(12(18)19)8-15-11-6-5-10(16-17-11)13(20)21-4/h5-6,9H,7-8H2,1-4H3,(H,15,17)(H,18,19). The Morgan fingerprint density at radius 3 is 2.43 bits per heavy atom. The Kier molecular flexibility index (Phi) is 5.63. The monoisotopic (exact) mass is 295 g/mol. The molecule has 2 N–H and O–H groups in total. The number of esters is 1. The SMILES string of the molecule is COC(=O)c1ccc(NCC(CC(C)(C)C)C(=O)O)nn1. The molecule has 0 bridgehead atoms. The molecule has 1 aromatic rings. The minimum atomic E-state index is -0.850. The minimum absolute atomic E-state index is 0.0782. The number of aromatic nitrogens is 2. The van der Waals surface area contributed by atoms with Crippen molar-refractivity contribution in [2.45, 2.75) is 27.2 Å². The van der Waals surface area contributed by atoms with Gasteiger partial charge in [-0.2, -0.15) is 0 Å². The van der Waals surface area contributed by atoms with Gasteiger partial charge in [-0.15, -0.1) is 10.2 Å². The molecule has 0 radical (unpaired) electrons. The fraction of sp³-hybridized carbons (Fsp3) is 0.571. The Hall–Kier alpha value is -2.18. The van der Waals surface area contributed by atoms with Gasteiger partial charge in [0.05, 0.1) is 13.0 Å². The van der Waals surface area contributed by atoms with Gasteiger partial charge in [0, 0.05) is 6.54 Å². The van der Waals surface area contributed by atoms with Gasteiger partial charge in [-0.3, -0.25) is 4.79 Å². The average molecular weight is 295 g/mol. The largest absolute Gasteiger partial charge is 0.481 e. The molecule has 0 saturated carbocycles. The van der Waals surface area contributed by atoms with Crippen molar-refractivity contribution in [1.82, 2.24) is 10.2 Å². The van der Waals surface area contributed by atoms with E-state index in [0.29, 0.717) is 12.2 Å². The number of carboxylic acid groups (broad SMARTS) is 1. The normalized spacial score (nSPS) is 12.6. The second-order valence-corrected chi connectivity index (χ2v) is 5.98. The van der Waals surface area contributed by atoms with Crippen molar-refractivity contribution in [1.29, 1.82) is 0 Å². The number of methoxy groups -OCH3 is 1. The molecule has 0 aliphatic carbocycles. The van der Waals surface area contributed by atoms with Gasteiger partial charge in [-0.25, -0.2) is 4.79 Å². The third kappa shape index (κ3) is 5.76. The van der Waals surface area contributed by atoms with Crippen molar-refractivity contribution in [2.75, 3.05) is 19.0 Å². The van der Waals surface area contributed by atoms with Crippen LogP contribution in [0.15, 0.2) is 12.1 Å². The lowest BCUT2D eigenvalue weighted by Gasteiger charge is -2.23. The molecule has 7 heteroatoms. The van der Waals surface area contributed by atoms with Crippen LogP contribution in [0.5, 0.6) is 0 Å². The molecule has 1 rings (SSSR count). The molecular weight excluding hydrogens is 274 g/mol. The number of carbonyl (C=O) groups is 2. The maximum atomic E-state index is 11.2. The van der Waals surface area contributed by atoms with E-state index in [1.807, 2.05) is 20.8 Å².